The first-order valence-corrected chi connectivity index (χ1v) is 6.78. The van der Waals surface area contributed by atoms with E-state index in [-0.39, 0.29) is 12.1 Å². The molecule has 1 aromatic rings. The summed E-state index contributed by atoms with van der Waals surface area (Å²) >= 11 is 5.96. The van der Waals surface area contributed by atoms with Crippen LogP contribution in [0.5, 0.6) is 0 Å². The molecule has 19 heavy (non-hydrogen) atoms. The largest absolute Gasteiger partial charge is 0.375 e. The van der Waals surface area contributed by atoms with Gasteiger partial charge in [0.05, 0.1) is 6.10 Å². The maximum absolute atomic E-state index is 11.9. The summed E-state index contributed by atoms with van der Waals surface area (Å²) in [7, 11) is 3.45. The van der Waals surface area contributed by atoms with E-state index in [9.17, 15) is 4.79 Å². The summed E-state index contributed by atoms with van der Waals surface area (Å²) in [6.07, 6.45) is 2.02. The van der Waals surface area contributed by atoms with E-state index >= 15 is 0 Å². The summed E-state index contributed by atoms with van der Waals surface area (Å²) in [4.78, 5) is 13.6. The third-order valence-electron chi connectivity index (χ3n) is 3.36. The summed E-state index contributed by atoms with van der Waals surface area (Å²) < 4.78 is 5.41. The van der Waals surface area contributed by atoms with Crippen molar-refractivity contribution in [2.24, 2.45) is 0 Å². The Morgan fingerprint density at radius 2 is 2.32 bits per heavy atom. The number of nitrogens with zero attached hydrogens (tertiary/aromatic N) is 1. The fourth-order valence-electron chi connectivity index (χ4n) is 1.98. The molecule has 1 N–H and O–H groups in total. The van der Waals surface area contributed by atoms with Crippen molar-refractivity contribution in [1.29, 1.82) is 0 Å². The molecule has 2 rings (SSSR count). The van der Waals surface area contributed by atoms with Gasteiger partial charge in [0.25, 0.3) is 0 Å². The number of amides is 2. The van der Waals surface area contributed by atoms with E-state index in [1.807, 2.05) is 31.3 Å². The summed E-state index contributed by atoms with van der Waals surface area (Å²) in [6, 6.07) is 7.85. The standard InChI is InChI=1S/C14H19ClN2O2/c1-17(12-6-7-12)14(18)16-9-13(19-2)10-4-3-5-11(15)8-10/h3-5,8,12-13H,6-7,9H2,1-2H3,(H,16,18)/t13-/m0/s1. The molecule has 0 aromatic heterocycles. The molecule has 4 nitrogen and oxygen atoms in total. The fraction of sp³-hybridized carbons (Fsp3) is 0.500. The first-order chi connectivity index (χ1) is 9.11. The number of benzene rings is 1. The highest BCUT2D eigenvalue weighted by Crippen LogP contribution is 2.25. The van der Waals surface area contributed by atoms with Crippen molar-refractivity contribution in [2.45, 2.75) is 25.0 Å². The molecule has 0 heterocycles. The lowest BCUT2D eigenvalue weighted by molar-refractivity contribution is 0.102. The monoisotopic (exact) mass is 282 g/mol. The SMILES string of the molecule is CO[C@@H](CNC(=O)N(C)C1CC1)c1cccc(Cl)c1. The van der Waals surface area contributed by atoms with Crippen molar-refractivity contribution in [3.05, 3.63) is 34.9 Å². The van der Waals surface area contributed by atoms with Crippen LogP contribution in [0.2, 0.25) is 5.02 Å². The van der Waals surface area contributed by atoms with E-state index in [0.717, 1.165) is 18.4 Å². The quantitative estimate of drug-likeness (QED) is 0.902. The highest BCUT2D eigenvalue weighted by atomic mass is 35.5. The minimum Gasteiger partial charge on any atom is -0.375 e. The second-order valence-electron chi connectivity index (χ2n) is 4.81. The third kappa shape index (κ3) is 3.85. The van der Waals surface area contributed by atoms with E-state index in [4.69, 9.17) is 16.3 Å². The molecule has 0 radical (unpaired) electrons. The number of hydrogen-bond donors (Lipinski definition) is 1. The Hall–Kier alpha value is -1.26. The van der Waals surface area contributed by atoms with Crippen LogP contribution in [0.15, 0.2) is 24.3 Å². The molecule has 0 unspecified atom stereocenters. The molecule has 0 spiro atoms. The normalized spacial score (nSPS) is 15.9. The molecular weight excluding hydrogens is 264 g/mol. The second-order valence-corrected chi connectivity index (χ2v) is 5.24. The van der Waals surface area contributed by atoms with Gasteiger partial charge in [-0.1, -0.05) is 23.7 Å². The average Bonchev–Trinajstić information content (AvgIpc) is 3.22. The van der Waals surface area contributed by atoms with E-state index in [2.05, 4.69) is 5.32 Å². The lowest BCUT2D eigenvalue weighted by Crippen LogP contribution is -2.40. The van der Waals surface area contributed by atoms with E-state index < -0.39 is 0 Å². The van der Waals surface area contributed by atoms with Crippen molar-refractivity contribution >= 4 is 17.6 Å². The molecule has 5 heteroatoms. The molecule has 0 aliphatic heterocycles. The summed E-state index contributed by atoms with van der Waals surface area (Å²) in [5.74, 6) is 0. The minimum atomic E-state index is -0.185. The van der Waals surface area contributed by atoms with Crippen molar-refractivity contribution in [3.63, 3.8) is 0 Å². The van der Waals surface area contributed by atoms with Crippen LogP contribution in [0, 0.1) is 0 Å². The second kappa shape index (κ2) is 6.26. The number of ether oxygens (including phenoxy) is 1. The van der Waals surface area contributed by atoms with Crippen molar-refractivity contribution in [1.82, 2.24) is 10.2 Å². The van der Waals surface area contributed by atoms with Gasteiger partial charge in [-0.25, -0.2) is 4.79 Å². The Labute approximate surface area is 118 Å². The van der Waals surface area contributed by atoms with Gasteiger partial charge in [0.1, 0.15) is 0 Å². The number of rotatable bonds is 5. The van der Waals surface area contributed by atoms with Gasteiger partial charge in [-0.2, -0.15) is 0 Å². The minimum absolute atomic E-state index is 0.0495. The number of methoxy groups -OCH3 is 1. The van der Waals surface area contributed by atoms with Crippen LogP contribution < -0.4 is 5.32 Å². The van der Waals surface area contributed by atoms with Gasteiger partial charge in [0, 0.05) is 31.8 Å². The maximum atomic E-state index is 11.9. The van der Waals surface area contributed by atoms with E-state index in [1.165, 1.54) is 0 Å². The number of carbonyl (C=O) groups excluding carboxylic acids is 1. The zero-order chi connectivity index (χ0) is 13.8. The Morgan fingerprint density at radius 3 is 2.89 bits per heavy atom. The molecule has 104 valence electrons. The van der Waals surface area contributed by atoms with Gasteiger partial charge in [0.2, 0.25) is 0 Å². The molecular formula is C14H19ClN2O2. The number of nitrogens with one attached hydrogen (secondary N) is 1. The average molecular weight is 283 g/mol. The molecule has 0 saturated heterocycles. The van der Waals surface area contributed by atoms with Crippen LogP contribution >= 0.6 is 11.6 Å². The predicted molar refractivity (Wildman–Crippen MR) is 75.4 cm³/mol. The van der Waals surface area contributed by atoms with Gasteiger partial charge >= 0.3 is 6.03 Å². The maximum Gasteiger partial charge on any atom is 0.317 e. The van der Waals surface area contributed by atoms with Crippen LogP contribution in [0.3, 0.4) is 0 Å². The van der Waals surface area contributed by atoms with E-state index in [1.54, 1.807) is 12.0 Å². The lowest BCUT2D eigenvalue weighted by Gasteiger charge is -2.21. The smallest absolute Gasteiger partial charge is 0.317 e. The molecule has 1 aliphatic carbocycles. The van der Waals surface area contributed by atoms with Gasteiger partial charge in [-0.05, 0) is 30.5 Å². The number of hydrogen-bond acceptors (Lipinski definition) is 2. The zero-order valence-electron chi connectivity index (χ0n) is 11.2. The molecule has 1 atom stereocenters. The van der Waals surface area contributed by atoms with Gasteiger partial charge in [0.15, 0.2) is 0 Å². The van der Waals surface area contributed by atoms with Crippen molar-refractivity contribution in [3.8, 4) is 0 Å². The number of urea groups is 1. The molecule has 1 saturated carbocycles. The van der Waals surface area contributed by atoms with Crippen molar-refractivity contribution in [2.75, 3.05) is 20.7 Å². The molecule has 1 aromatic carbocycles. The Bertz CT molecular complexity index is 449. The summed E-state index contributed by atoms with van der Waals surface area (Å²) in [5, 5.41) is 3.56. The number of carbonyl (C=O) groups is 1. The zero-order valence-corrected chi connectivity index (χ0v) is 12.0. The van der Waals surface area contributed by atoms with Crippen molar-refractivity contribution < 1.29 is 9.53 Å². The number of halogens is 1. The van der Waals surface area contributed by atoms with Crippen LogP contribution in [0.1, 0.15) is 24.5 Å². The van der Waals surface area contributed by atoms with Crippen LogP contribution in [0.4, 0.5) is 4.79 Å². The van der Waals surface area contributed by atoms with Gasteiger partial charge < -0.3 is 15.0 Å². The fourth-order valence-corrected chi connectivity index (χ4v) is 2.18. The van der Waals surface area contributed by atoms with Gasteiger partial charge in [-0.3, -0.25) is 0 Å². The first kappa shape index (κ1) is 14.2. The molecule has 1 fully saturated rings. The molecule has 2 amide bonds. The van der Waals surface area contributed by atoms with Gasteiger partial charge in [-0.15, -0.1) is 0 Å². The van der Waals surface area contributed by atoms with E-state index in [0.29, 0.717) is 17.6 Å². The molecule has 1 aliphatic rings. The van der Waals surface area contributed by atoms with Crippen LogP contribution in [0.25, 0.3) is 0 Å². The highest BCUT2D eigenvalue weighted by Gasteiger charge is 2.29. The topological polar surface area (TPSA) is 41.6 Å². The summed E-state index contributed by atoms with van der Waals surface area (Å²) in [5.41, 5.74) is 0.962. The lowest BCUT2D eigenvalue weighted by atomic mass is 10.1. The Kier molecular flexibility index (Phi) is 4.66. The molecule has 0 bridgehead atoms. The predicted octanol–water partition coefficient (Wildman–Crippen LogP) is 2.83. The van der Waals surface area contributed by atoms with Crippen LogP contribution in [-0.2, 0) is 4.74 Å². The highest BCUT2D eigenvalue weighted by molar-refractivity contribution is 6.30. The first-order valence-electron chi connectivity index (χ1n) is 6.40. The summed E-state index contributed by atoms with van der Waals surface area (Å²) in [6.45, 7) is 0.437. The van der Waals surface area contributed by atoms with Crippen LogP contribution in [-0.4, -0.2) is 37.7 Å². The third-order valence-corrected chi connectivity index (χ3v) is 3.59. The Morgan fingerprint density at radius 1 is 1.58 bits per heavy atom. The Balaban J connectivity index is 1.90.